The summed E-state index contributed by atoms with van der Waals surface area (Å²) in [7, 11) is 0. The zero-order chi connectivity index (χ0) is 25.3. The monoisotopic (exact) mass is 495 g/mol. The van der Waals surface area contributed by atoms with Gasteiger partial charge in [-0.2, -0.15) is 0 Å². The predicted molar refractivity (Wildman–Crippen MR) is 141 cm³/mol. The largest absolute Gasteiger partial charge is 0.492 e. The summed E-state index contributed by atoms with van der Waals surface area (Å²) < 4.78 is 11.6. The van der Waals surface area contributed by atoms with E-state index in [1.54, 1.807) is 0 Å². The van der Waals surface area contributed by atoms with E-state index in [4.69, 9.17) is 14.6 Å². The number of likely N-dealkylation sites (tertiary alicyclic amines) is 1. The van der Waals surface area contributed by atoms with Gasteiger partial charge < -0.3 is 19.5 Å². The second-order valence-electron chi connectivity index (χ2n) is 9.80. The fourth-order valence-electron chi connectivity index (χ4n) is 5.30. The Morgan fingerprint density at radius 2 is 1.81 bits per heavy atom. The third-order valence-electron chi connectivity index (χ3n) is 7.21. The molecule has 0 spiro atoms. The molecular weight excluding hydrogens is 454 g/mol. The molecule has 1 amide bonds. The number of fused-ring (bicyclic) bond motifs is 1. The van der Waals surface area contributed by atoms with Gasteiger partial charge in [-0.25, -0.2) is 0 Å². The minimum atomic E-state index is 0.0176. The summed E-state index contributed by atoms with van der Waals surface area (Å²) in [5.41, 5.74) is 3.73. The van der Waals surface area contributed by atoms with Crippen LogP contribution in [0.4, 0.5) is 0 Å². The number of carbonyl (C=O) groups is 1. The highest BCUT2D eigenvalue weighted by atomic mass is 16.5. The van der Waals surface area contributed by atoms with Crippen LogP contribution >= 0.6 is 0 Å². The van der Waals surface area contributed by atoms with E-state index in [0.29, 0.717) is 19.1 Å². The summed E-state index contributed by atoms with van der Waals surface area (Å²) in [5, 5.41) is 8.93. The Morgan fingerprint density at radius 1 is 1.06 bits per heavy atom. The van der Waals surface area contributed by atoms with Crippen molar-refractivity contribution in [2.75, 3.05) is 52.5 Å². The molecule has 0 bridgehead atoms. The molecule has 2 aliphatic heterocycles. The minimum absolute atomic E-state index is 0.0176. The minimum Gasteiger partial charge on any atom is -0.492 e. The highest BCUT2D eigenvalue weighted by Crippen LogP contribution is 2.27. The van der Waals surface area contributed by atoms with Gasteiger partial charge in [-0.15, -0.1) is 0 Å². The van der Waals surface area contributed by atoms with Gasteiger partial charge in [0.05, 0.1) is 12.5 Å². The number of amides is 1. The normalized spacial score (nSPS) is 18.7. The SMILES string of the molecule is CCN(CC)C(=O)C1CCCN(Cc2ccc3c(c2)CN(Cc2ccc(OCCO)cc2)CCO3)C1. The van der Waals surface area contributed by atoms with Gasteiger partial charge in [0, 0.05) is 51.4 Å². The number of aliphatic hydroxyl groups is 1. The number of carbonyl (C=O) groups excluding carboxylic acids is 1. The molecule has 1 unspecified atom stereocenters. The lowest BCUT2D eigenvalue weighted by Crippen LogP contribution is -2.44. The summed E-state index contributed by atoms with van der Waals surface area (Å²) in [6.45, 7) is 12.0. The van der Waals surface area contributed by atoms with E-state index in [0.717, 1.165) is 76.7 Å². The van der Waals surface area contributed by atoms with E-state index < -0.39 is 0 Å². The number of hydrogen-bond acceptors (Lipinski definition) is 6. The lowest BCUT2D eigenvalue weighted by atomic mass is 9.95. The third-order valence-corrected chi connectivity index (χ3v) is 7.21. The van der Waals surface area contributed by atoms with Crippen molar-refractivity contribution in [1.29, 1.82) is 0 Å². The van der Waals surface area contributed by atoms with Gasteiger partial charge in [-0.3, -0.25) is 14.6 Å². The highest BCUT2D eigenvalue weighted by Gasteiger charge is 2.28. The fraction of sp³-hybridized carbons (Fsp3) is 0.552. The van der Waals surface area contributed by atoms with Gasteiger partial charge in [0.2, 0.25) is 5.91 Å². The van der Waals surface area contributed by atoms with Crippen LogP contribution in [0.5, 0.6) is 11.5 Å². The van der Waals surface area contributed by atoms with Gasteiger partial charge in [0.15, 0.2) is 0 Å². The Kier molecular flexibility index (Phi) is 9.61. The Labute approximate surface area is 215 Å². The van der Waals surface area contributed by atoms with E-state index in [-0.39, 0.29) is 12.5 Å². The maximum Gasteiger partial charge on any atom is 0.226 e. The van der Waals surface area contributed by atoms with Crippen LogP contribution in [0.25, 0.3) is 0 Å². The van der Waals surface area contributed by atoms with Crippen LogP contribution in [0, 0.1) is 5.92 Å². The van der Waals surface area contributed by atoms with Crippen LogP contribution in [-0.4, -0.2) is 78.3 Å². The molecule has 1 saturated heterocycles. The molecule has 0 saturated carbocycles. The number of hydrogen-bond donors (Lipinski definition) is 1. The van der Waals surface area contributed by atoms with E-state index in [1.807, 2.05) is 17.0 Å². The summed E-state index contributed by atoms with van der Waals surface area (Å²) >= 11 is 0. The van der Waals surface area contributed by atoms with E-state index in [9.17, 15) is 4.79 Å². The Bertz CT molecular complexity index is 977. The average Bonchev–Trinajstić information content (AvgIpc) is 3.10. The molecule has 0 radical (unpaired) electrons. The number of piperidine rings is 1. The first kappa shape index (κ1) is 26.5. The molecule has 0 aliphatic carbocycles. The number of aliphatic hydroxyl groups excluding tert-OH is 1. The average molecular weight is 496 g/mol. The van der Waals surface area contributed by atoms with Crippen LogP contribution in [-0.2, 0) is 24.4 Å². The van der Waals surface area contributed by atoms with Crippen molar-refractivity contribution in [3.05, 3.63) is 59.2 Å². The van der Waals surface area contributed by atoms with Crippen molar-refractivity contribution in [3.8, 4) is 11.5 Å². The van der Waals surface area contributed by atoms with Crippen molar-refractivity contribution in [2.45, 2.75) is 46.3 Å². The van der Waals surface area contributed by atoms with Crippen LogP contribution < -0.4 is 9.47 Å². The van der Waals surface area contributed by atoms with Gasteiger partial charge in [-0.1, -0.05) is 18.2 Å². The topological polar surface area (TPSA) is 65.5 Å². The van der Waals surface area contributed by atoms with Crippen molar-refractivity contribution in [3.63, 3.8) is 0 Å². The maximum absolute atomic E-state index is 12.9. The summed E-state index contributed by atoms with van der Waals surface area (Å²) in [6, 6.07) is 14.7. The number of nitrogens with zero attached hydrogens (tertiary/aromatic N) is 3. The van der Waals surface area contributed by atoms with Gasteiger partial charge in [-0.05, 0) is 68.6 Å². The zero-order valence-corrected chi connectivity index (χ0v) is 21.8. The number of rotatable bonds is 10. The first-order chi connectivity index (χ1) is 17.6. The zero-order valence-electron chi connectivity index (χ0n) is 21.8. The molecule has 0 aromatic heterocycles. The summed E-state index contributed by atoms with van der Waals surface area (Å²) in [6.07, 6.45) is 2.07. The molecule has 36 heavy (non-hydrogen) atoms. The lowest BCUT2D eigenvalue weighted by Gasteiger charge is -2.34. The van der Waals surface area contributed by atoms with Crippen LogP contribution in [0.2, 0.25) is 0 Å². The smallest absolute Gasteiger partial charge is 0.226 e. The van der Waals surface area contributed by atoms with Crippen molar-refractivity contribution >= 4 is 5.91 Å². The molecule has 196 valence electrons. The molecule has 2 aromatic carbocycles. The quantitative estimate of drug-likeness (QED) is 0.544. The first-order valence-corrected chi connectivity index (χ1v) is 13.4. The molecule has 2 heterocycles. The molecule has 4 rings (SSSR count). The van der Waals surface area contributed by atoms with Gasteiger partial charge in [0.25, 0.3) is 0 Å². The van der Waals surface area contributed by atoms with E-state index >= 15 is 0 Å². The van der Waals surface area contributed by atoms with Crippen molar-refractivity contribution in [2.24, 2.45) is 5.92 Å². The highest BCUT2D eigenvalue weighted by molar-refractivity contribution is 5.79. The molecule has 2 aliphatic rings. The summed E-state index contributed by atoms with van der Waals surface area (Å²) in [5.74, 6) is 2.17. The Morgan fingerprint density at radius 3 is 2.56 bits per heavy atom. The Hall–Kier alpha value is -2.61. The van der Waals surface area contributed by atoms with Gasteiger partial charge >= 0.3 is 0 Å². The van der Waals surface area contributed by atoms with E-state index in [1.165, 1.54) is 16.7 Å². The van der Waals surface area contributed by atoms with Crippen molar-refractivity contribution < 1.29 is 19.4 Å². The van der Waals surface area contributed by atoms with Crippen LogP contribution in [0.3, 0.4) is 0 Å². The van der Waals surface area contributed by atoms with Crippen LogP contribution in [0.15, 0.2) is 42.5 Å². The van der Waals surface area contributed by atoms with Crippen molar-refractivity contribution in [1.82, 2.24) is 14.7 Å². The molecule has 1 N–H and O–H groups in total. The van der Waals surface area contributed by atoms with Crippen LogP contribution in [0.1, 0.15) is 43.4 Å². The standard InChI is InChI=1S/C29H41N3O4/c1-3-32(4-2)29(34)25-6-5-13-30(21-25)20-24-9-12-28-26(18-24)22-31(14-16-36-28)19-23-7-10-27(11-8-23)35-17-15-33/h7-12,18,25,33H,3-6,13-17,19-22H2,1-2H3. The number of ether oxygens (including phenoxy) is 2. The van der Waals surface area contributed by atoms with E-state index in [2.05, 4.69) is 54.0 Å². The Balaban J connectivity index is 1.37. The molecule has 7 nitrogen and oxygen atoms in total. The third kappa shape index (κ3) is 6.99. The molecule has 1 atom stereocenters. The van der Waals surface area contributed by atoms with Gasteiger partial charge in [0.1, 0.15) is 24.7 Å². The summed E-state index contributed by atoms with van der Waals surface area (Å²) in [4.78, 5) is 19.7. The predicted octanol–water partition coefficient (Wildman–Crippen LogP) is 3.53. The lowest BCUT2D eigenvalue weighted by molar-refractivity contribution is -0.137. The maximum atomic E-state index is 12.9. The second-order valence-corrected chi connectivity index (χ2v) is 9.80. The fourth-order valence-corrected chi connectivity index (χ4v) is 5.30. The molecular formula is C29H41N3O4. The number of benzene rings is 2. The molecule has 2 aromatic rings. The second kappa shape index (κ2) is 13.1. The molecule has 1 fully saturated rings. The molecule has 7 heteroatoms. The first-order valence-electron chi connectivity index (χ1n) is 13.4.